The Labute approximate surface area is 170 Å². The molecule has 5 nitrogen and oxygen atoms in total. The largest absolute Gasteiger partial charge is 0.319 e. The van der Waals surface area contributed by atoms with Crippen LogP contribution in [0.5, 0.6) is 0 Å². The van der Waals surface area contributed by atoms with E-state index in [0.29, 0.717) is 5.82 Å². The molecule has 0 aliphatic carbocycles. The molecule has 1 amide bonds. The van der Waals surface area contributed by atoms with Crippen LogP contribution in [0.2, 0.25) is 0 Å². The number of carbonyl (C=O) groups excluding carboxylic acids is 1. The van der Waals surface area contributed by atoms with Crippen molar-refractivity contribution in [2.75, 3.05) is 5.32 Å². The van der Waals surface area contributed by atoms with Gasteiger partial charge in [0.05, 0.1) is 5.69 Å². The Morgan fingerprint density at radius 3 is 2.38 bits per heavy atom. The molecule has 0 aliphatic heterocycles. The van der Waals surface area contributed by atoms with Gasteiger partial charge in [-0.2, -0.15) is 0 Å². The van der Waals surface area contributed by atoms with Crippen molar-refractivity contribution in [1.82, 2.24) is 14.8 Å². The summed E-state index contributed by atoms with van der Waals surface area (Å²) >= 11 is 0. The Morgan fingerprint density at radius 2 is 1.62 bits per heavy atom. The van der Waals surface area contributed by atoms with Gasteiger partial charge in [-0.3, -0.25) is 4.79 Å². The summed E-state index contributed by atoms with van der Waals surface area (Å²) in [6.45, 7) is 5.98. The lowest BCUT2D eigenvalue weighted by Gasteiger charge is -2.07. The van der Waals surface area contributed by atoms with Crippen LogP contribution in [0.25, 0.3) is 17.1 Å². The quantitative estimate of drug-likeness (QED) is 0.533. The van der Waals surface area contributed by atoms with E-state index in [2.05, 4.69) is 15.4 Å². The Hall–Kier alpha value is -3.73. The van der Waals surface area contributed by atoms with E-state index in [-0.39, 0.29) is 11.7 Å². The Bertz CT molecular complexity index is 1180. The highest BCUT2D eigenvalue weighted by Crippen LogP contribution is 2.23. The van der Waals surface area contributed by atoms with Crippen LogP contribution < -0.4 is 5.32 Å². The first kappa shape index (κ1) is 18.6. The second-order valence-electron chi connectivity index (χ2n) is 7.15. The third-order valence-electron chi connectivity index (χ3n) is 4.73. The number of aryl methyl sites for hydroxylation is 3. The molecule has 4 rings (SSSR count). The first-order chi connectivity index (χ1) is 14.0. The SMILES string of the molecule is Cc1cccc(-n2nc(C(=O)Nc3cc(C)ccc3C)nc2-c2ccccc2)c1. The van der Waals surface area contributed by atoms with Gasteiger partial charge in [0.1, 0.15) is 0 Å². The average Bonchev–Trinajstić information content (AvgIpc) is 3.17. The molecule has 4 aromatic rings. The molecule has 0 saturated heterocycles. The maximum Gasteiger partial charge on any atom is 0.295 e. The van der Waals surface area contributed by atoms with E-state index in [0.717, 1.165) is 33.6 Å². The van der Waals surface area contributed by atoms with Crippen molar-refractivity contribution in [3.8, 4) is 17.1 Å². The first-order valence-corrected chi connectivity index (χ1v) is 9.49. The number of rotatable bonds is 4. The Balaban J connectivity index is 1.77. The van der Waals surface area contributed by atoms with E-state index in [1.165, 1.54) is 0 Å². The molecule has 5 heteroatoms. The van der Waals surface area contributed by atoms with Crippen LogP contribution in [0.3, 0.4) is 0 Å². The highest BCUT2D eigenvalue weighted by Gasteiger charge is 2.19. The number of amides is 1. The highest BCUT2D eigenvalue weighted by atomic mass is 16.2. The number of nitrogens with zero attached hydrogens (tertiary/aromatic N) is 3. The third kappa shape index (κ3) is 3.94. The van der Waals surface area contributed by atoms with Crippen LogP contribution in [0.4, 0.5) is 5.69 Å². The molecule has 3 aromatic carbocycles. The minimum Gasteiger partial charge on any atom is -0.319 e. The summed E-state index contributed by atoms with van der Waals surface area (Å²) < 4.78 is 1.72. The maximum atomic E-state index is 12.9. The van der Waals surface area contributed by atoms with E-state index < -0.39 is 0 Å². The van der Waals surface area contributed by atoms with Crippen LogP contribution >= 0.6 is 0 Å². The third-order valence-corrected chi connectivity index (χ3v) is 4.73. The minimum atomic E-state index is -0.331. The van der Waals surface area contributed by atoms with Crippen molar-refractivity contribution < 1.29 is 4.79 Å². The van der Waals surface area contributed by atoms with Crippen molar-refractivity contribution in [2.24, 2.45) is 0 Å². The molecule has 0 aliphatic rings. The predicted octanol–water partition coefficient (Wildman–Crippen LogP) is 5.11. The van der Waals surface area contributed by atoms with Gasteiger partial charge in [-0.25, -0.2) is 9.67 Å². The molecule has 0 unspecified atom stereocenters. The van der Waals surface area contributed by atoms with Gasteiger partial charge in [0.2, 0.25) is 5.82 Å². The normalized spacial score (nSPS) is 10.7. The Kier molecular flexibility index (Phi) is 4.96. The van der Waals surface area contributed by atoms with E-state index in [1.807, 2.05) is 93.6 Å². The number of carbonyl (C=O) groups is 1. The predicted molar refractivity (Wildman–Crippen MR) is 115 cm³/mol. The molecule has 1 N–H and O–H groups in total. The molecule has 0 fully saturated rings. The molecule has 144 valence electrons. The number of anilines is 1. The smallest absolute Gasteiger partial charge is 0.295 e. The second kappa shape index (κ2) is 7.72. The zero-order chi connectivity index (χ0) is 20.4. The Morgan fingerprint density at radius 1 is 0.862 bits per heavy atom. The fourth-order valence-corrected chi connectivity index (χ4v) is 3.17. The van der Waals surface area contributed by atoms with Crippen LogP contribution in [0, 0.1) is 20.8 Å². The van der Waals surface area contributed by atoms with E-state index in [4.69, 9.17) is 0 Å². The van der Waals surface area contributed by atoms with Crippen molar-refractivity contribution >= 4 is 11.6 Å². The molecule has 0 saturated carbocycles. The van der Waals surface area contributed by atoms with Crippen LogP contribution in [-0.4, -0.2) is 20.7 Å². The average molecular weight is 382 g/mol. The topological polar surface area (TPSA) is 59.8 Å². The number of nitrogens with one attached hydrogen (secondary N) is 1. The van der Waals surface area contributed by atoms with Gasteiger partial charge >= 0.3 is 0 Å². The van der Waals surface area contributed by atoms with Gasteiger partial charge in [-0.05, 0) is 55.7 Å². The zero-order valence-electron chi connectivity index (χ0n) is 16.7. The zero-order valence-corrected chi connectivity index (χ0v) is 16.7. The van der Waals surface area contributed by atoms with Crippen LogP contribution in [-0.2, 0) is 0 Å². The van der Waals surface area contributed by atoms with Crippen molar-refractivity contribution in [1.29, 1.82) is 0 Å². The molecule has 0 radical (unpaired) electrons. The second-order valence-corrected chi connectivity index (χ2v) is 7.15. The molecule has 0 spiro atoms. The highest BCUT2D eigenvalue weighted by molar-refractivity contribution is 6.02. The summed E-state index contributed by atoms with van der Waals surface area (Å²) in [5, 5.41) is 7.48. The van der Waals surface area contributed by atoms with Gasteiger partial charge in [-0.15, -0.1) is 5.10 Å². The van der Waals surface area contributed by atoms with Crippen LogP contribution in [0.1, 0.15) is 27.3 Å². The van der Waals surface area contributed by atoms with Crippen molar-refractivity contribution in [3.05, 3.63) is 95.3 Å². The lowest BCUT2D eigenvalue weighted by Crippen LogP contribution is -2.15. The van der Waals surface area contributed by atoms with Gasteiger partial charge in [-0.1, -0.05) is 54.6 Å². The number of hydrogen-bond donors (Lipinski definition) is 1. The molecular formula is C24H22N4O. The summed E-state index contributed by atoms with van der Waals surface area (Å²) in [5.41, 5.74) is 5.70. The lowest BCUT2D eigenvalue weighted by molar-refractivity contribution is 0.101. The van der Waals surface area contributed by atoms with Gasteiger partial charge in [0, 0.05) is 11.3 Å². The fourth-order valence-electron chi connectivity index (χ4n) is 3.17. The van der Waals surface area contributed by atoms with Gasteiger partial charge in [0.25, 0.3) is 5.91 Å². The maximum absolute atomic E-state index is 12.9. The summed E-state index contributed by atoms with van der Waals surface area (Å²) in [6, 6.07) is 23.7. The van der Waals surface area contributed by atoms with E-state index >= 15 is 0 Å². The summed E-state index contributed by atoms with van der Waals surface area (Å²) in [5.74, 6) is 0.427. The number of benzene rings is 3. The molecular weight excluding hydrogens is 360 g/mol. The monoisotopic (exact) mass is 382 g/mol. The lowest BCUT2D eigenvalue weighted by atomic mass is 10.1. The van der Waals surface area contributed by atoms with Crippen LogP contribution in [0.15, 0.2) is 72.8 Å². The molecule has 1 heterocycles. The molecule has 1 aromatic heterocycles. The summed E-state index contributed by atoms with van der Waals surface area (Å²) in [4.78, 5) is 17.5. The summed E-state index contributed by atoms with van der Waals surface area (Å²) in [7, 11) is 0. The number of hydrogen-bond acceptors (Lipinski definition) is 3. The summed E-state index contributed by atoms with van der Waals surface area (Å²) in [6.07, 6.45) is 0. The van der Waals surface area contributed by atoms with E-state index in [1.54, 1.807) is 4.68 Å². The molecule has 0 atom stereocenters. The minimum absolute atomic E-state index is 0.131. The van der Waals surface area contributed by atoms with Gasteiger partial charge in [0.15, 0.2) is 5.82 Å². The number of aromatic nitrogens is 3. The molecule has 29 heavy (non-hydrogen) atoms. The standard InChI is InChI=1S/C24H22N4O/c1-16-8-7-11-20(14-16)28-23(19-9-5-4-6-10-19)26-22(27-28)24(29)25-21-15-17(2)12-13-18(21)3/h4-15H,1-3H3,(H,25,29). The van der Waals surface area contributed by atoms with Crippen molar-refractivity contribution in [2.45, 2.75) is 20.8 Å². The fraction of sp³-hybridized carbons (Fsp3) is 0.125. The van der Waals surface area contributed by atoms with Crippen molar-refractivity contribution in [3.63, 3.8) is 0 Å². The first-order valence-electron chi connectivity index (χ1n) is 9.49. The van der Waals surface area contributed by atoms with E-state index in [9.17, 15) is 4.79 Å². The molecule has 0 bridgehead atoms. The van der Waals surface area contributed by atoms with Gasteiger partial charge < -0.3 is 5.32 Å².